The number of fused-ring (bicyclic) bond motifs is 1. The molecule has 0 amide bonds. The van der Waals surface area contributed by atoms with Gasteiger partial charge in [0, 0.05) is 0 Å². The molecule has 0 aromatic carbocycles. The predicted molar refractivity (Wildman–Crippen MR) is 134 cm³/mol. The molecule has 5 unspecified atom stereocenters. The molecule has 3 fully saturated rings. The SMILES string of the molecule is CCC1CCCCCCCC2CC2CCCCCCC(C)(CC(C)C2CC2)CCC1. The van der Waals surface area contributed by atoms with Crippen LogP contribution in [0.4, 0.5) is 0 Å². The maximum absolute atomic E-state index is 2.67. The Hall–Kier alpha value is 0. The van der Waals surface area contributed by atoms with E-state index >= 15 is 0 Å². The average Bonchev–Trinajstić information content (AvgIpc) is 3.63. The van der Waals surface area contributed by atoms with E-state index in [1.807, 2.05) is 0 Å². The van der Waals surface area contributed by atoms with Crippen molar-refractivity contribution in [3.05, 3.63) is 0 Å². The number of rotatable bonds is 4. The molecule has 3 aliphatic rings. The number of hydrogen-bond donors (Lipinski definition) is 0. The Morgan fingerprint density at radius 2 is 1.20 bits per heavy atom. The van der Waals surface area contributed by atoms with E-state index in [2.05, 4.69) is 20.8 Å². The Morgan fingerprint density at radius 1 is 0.667 bits per heavy atom. The molecule has 0 aliphatic heterocycles. The summed E-state index contributed by atoms with van der Waals surface area (Å²) in [6.07, 6.45) is 31.8. The molecule has 3 rings (SSSR count). The molecule has 5 atom stereocenters. The zero-order valence-electron chi connectivity index (χ0n) is 21.2. The van der Waals surface area contributed by atoms with Crippen LogP contribution >= 0.6 is 0 Å². The summed E-state index contributed by atoms with van der Waals surface area (Å²) < 4.78 is 0. The normalized spacial score (nSPS) is 37.1. The van der Waals surface area contributed by atoms with Crippen LogP contribution in [0.5, 0.6) is 0 Å². The van der Waals surface area contributed by atoms with Crippen LogP contribution in [0.25, 0.3) is 0 Å². The summed E-state index contributed by atoms with van der Waals surface area (Å²) in [6.45, 7) is 7.69. The zero-order chi connectivity index (χ0) is 21.2. The fraction of sp³-hybridized carbons (Fsp3) is 1.00. The highest BCUT2D eigenvalue weighted by Gasteiger charge is 2.35. The molecule has 0 spiro atoms. The van der Waals surface area contributed by atoms with Gasteiger partial charge in [0.1, 0.15) is 0 Å². The molecule has 0 aromatic heterocycles. The van der Waals surface area contributed by atoms with E-state index in [-0.39, 0.29) is 0 Å². The van der Waals surface area contributed by atoms with Gasteiger partial charge in [0.05, 0.1) is 0 Å². The first-order chi connectivity index (χ1) is 14.6. The van der Waals surface area contributed by atoms with Gasteiger partial charge in [-0.3, -0.25) is 0 Å². The Morgan fingerprint density at radius 3 is 1.83 bits per heavy atom. The second-order valence-corrected chi connectivity index (χ2v) is 12.5. The Bertz CT molecular complexity index is 449. The summed E-state index contributed by atoms with van der Waals surface area (Å²) in [6, 6.07) is 0. The van der Waals surface area contributed by atoms with Gasteiger partial charge in [-0.1, -0.05) is 117 Å². The van der Waals surface area contributed by atoms with Crippen LogP contribution in [0.1, 0.15) is 156 Å². The van der Waals surface area contributed by atoms with Crippen molar-refractivity contribution in [3.8, 4) is 0 Å². The van der Waals surface area contributed by atoms with E-state index in [0.29, 0.717) is 5.41 Å². The maximum atomic E-state index is 2.67. The van der Waals surface area contributed by atoms with Gasteiger partial charge in [0.25, 0.3) is 0 Å². The maximum Gasteiger partial charge on any atom is -0.0323 e. The first-order valence-corrected chi connectivity index (χ1v) is 14.6. The van der Waals surface area contributed by atoms with Crippen molar-refractivity contribution in [2.24, 2.45) is 35.0 Å². The van der Waals surface area contributed by atoms with E-state index in [1.165, 1.54) is 116 Å². The Kier molecular flexibility index (Phi) is 10.6. The lowest BCUT2D eigenvalue weighted by atomic mass is 9.72. The fourth-order valence-corrected chi connectivity index (χ4v) is 7.01. The molecule has 176 valence electrons. The second-order valence-electron chi connectivity index (χ2n) is 12.5. The van der Waals surface area contributed by atoms with Crippen LogP contribution in [-0.4, -0.2) is 0 Å². The van der Waals surface area contributed by atoms with E-state index in [9.17, 15) is 0 Å². The molecule has 0 bridgehead atoms. The van der Waals surface area contributed by atoms with Gasteiger partial charge >= 0.3 is 0 Å². The molecular weight excluding hydrogens is 360 g/mol. The van der Waals surface area contributed by atoms with Crippen molar-refractivity contribution in [1.29, 1.82) is 0 Å². The fourth-order valence-electron chi connectivity index (χ4n) is 7.01. The summed E-state index contributed by atoms with van der Waals surface area (Å²) in [4.78, 5) is 0. The van der Waals surface area contributed by atoms with Crippen molar-refractivity contribution in [3.63, 3.8) is 0 Å². The second kappa shape index (κ2) is 12.9. The third-order valence-electron chi connectivity index (χ3n) is 9.57. The summed E-state index contributed by atoms with van der Waals surface area (Å²) in [5, 5.41) is 0. The molecule has 0 heteroatoms. The third kappa shape index (κ3) is 9.24. The lowest BCUT2D eigenvalue weighted by Crippen LogP contribution is -2.21. The van der Waals surface area contributed by atoms with E-state index in [0.717, 1.165) is 29.6 Å². The first-order valence-electron chi connectivity index (χ1n) is 14.6. The van der Waals surface area contributed by atoms with Crippen molar-refractivity contribution < 1.29 is 0 Å². The van der Waals surface area contributed by atoms with Crippen LogP contribution in [0.2, 0.25) is 0 Å². The minimum atomic E-state index is 0.628. The first kappa shape index (κ1) is 24.6. The molecule has 0 aromatic rings. The van der Waals surface area contributed by atoms with E-state index in [4.69, 9.17) is 0 Å². The molecule has 3 saturated carbocycles. The lowest BCUT2D eigenvalue weighted by Gasteiger charge is -2.33. The van der Waals surface area contributed by atoms with Crippen molar-refractivity contribution in [2.75, 3.05) is 0 Å². The quantitative estimate of drug-likeness (QED) is 0.427. The van der Waals surface area contributed by atoms with Gasteiger partial charge in [-0.15, -0.1) is 0 Å². The van der Waals surface area contributed by atoms with Gasteiger partial charge in [0.2, 0.25) is 0 Å². The standard InChI is InChI=1S/C30H56/c1-4-26-15-10-6-5-7-11-17-28-23-29(28)18-12-8-9-13-21-30(3,22-14-16-26)24-25(2)27-19-20-27/h25-29H,4-24H2,1-3H3. The van der Waals surface area contributed by atoms with Crippen molar-refractivity contribution in [2.45, 2.75) is 156 Å². The minimum absolute atomic E-state index is 0.628. The van der Waals surface area contributed by atoms with Crippen LogP contribution < -0.4 is 0 Å². The Labute approximate surface area is 190 Å². The molecule has 0 saturated heterocycles. The average molecular weight is 417 g/mol. The summed E-state index contributed by atoms with van der Waals surface area (Å²) in [7, 11) is 0. The topological polar surface area (TPSA) is 0 Å². The van der Waals surface area contributed by atoms with Gasteiger partial charge in [-0.25, -0.2) is 0 Å². The van der Waals surface area contributed by atoms with Crippen LogP contribution in [0.3, 0.4) is 0 Å². The van der Waals surface area contributed by atoms with Gasteiger partial charge in [-0.05, 0) is 73.5 Å². The summed E-state index contributed by atoms with van der Waals surface area (Å²) >= 11 is 0. The molecule has 30 heavy (non-hydrogen) atoms. The van der Waals surface area contributed by atoms with Gasteiger partial charge in [0.15, 0.2) is 0 Å². The third-order valence-corrected chi connectivity index (χ3v) is 9.57. The van der Waals surface area contributed by atoms with E-state index < -0.39 is 0 Å². The molecule has 0 N–H and O–H groups in total. The molecular formula is C30H56. The highest BCUT2D eigenvalue weighted by atomic mass is 14.4. The number of hydrogen-bond acceptors (Lipinski definition) is 0. The molecule has 0 nitrogen and oxygen atoms in total. The minimum Gasteiger partial charge on any atom is -0.0651 e. The summed E-state index contributed by atoms with van der Waals surface area (Å²) in [5.41, 5.74) is 0.628. The smallest absolute Gasteiger partial charge is 0.0323 e. The molecule has 3 aliphatic carbocycles. The predicted octanol–water partition coefficient (Wildman–Crippen LogP) is 10.3. The Balaban J connectivity index is 1.47. The summed E-state index contributed by atoms with van der Waals surface area (Å²) in [5.74, 6) is 5.33. The zero-order valence-corrected chi connectivity index (χ0v) is 21.2. The molecule has 0 radical (unpaired) electrons. The highest BCUT2D eigenvalue weighted by Crippen LogP contribution is 2.47. The van der Waals surface area contributed by atoms with Gasteiger partial charge in [-0.2, -0.15) is 0 Å². The largest absolute Gasteiger partial charge is 0.0651 e. The van der Waals surface area contributed by atoms with Crippen molar-refractivity contribution in [1.82, 2.24) is 0 Å². The van der Waals surface area contributed by atoms with Gasteiger partial charge < -0.3 is 0 Å². The monoisotopic (exact) mass is 416 g/mol. The molecule has 0 heterocycles. The van der Waals surface area contributed by atoms with Crippen LogP contribution in [0.15, 0.2) is 0 Å². The van der Waals surface area contributed by atoms with Crippen molar-refractivity contribution >= 4 is 0 Å². The van der Waals surface area contributed by atoms with Crippen LogP contribution in [0, 0.1) is 35.0 Å². The lowest BCUT2D eigenvalue weighted by molar-refractivity contribution is 0.182. The van der Waals surface area contributed by atoms with E-state index in [1.54, 1.807) is 19.3 Å². The van der Waals surface area contributed by atoms with Crippen LogP contribution in [-0.2, 0) is 0 Å². The highest BCUT2D eigenvalue weighted by molar-refractivity contribution is 4.86.